The molecule has 0 bridgehead atoms. The van der Waals surface area contributed by atoms with Crippen molar-refractivity contribution in [2.45, 2.75) is 297 Å². The monoisotopic (exact) mass is 1120 g/mol. The number of allylic oxidation sites excluding steroid dienone is 24. The second kappa shape index (κ2) is 67.8. The maximum atomic E-state index is 12.9. The molecule has 1 atom stereocenters. The Balaban J connectivity index is 4.19. The molecule has 1 unspecified atom stereocenters. The number of unbranched alkanes of at least 4 members (excludes halogenated alkanes) is 24. The second-order valence-electron chi connectivity index (χ2n) is 21.6. The summed E-state index contributed by atoms with van der Waals surface area (Å²) in [7, 11) is 0. The summed E-state index contributed by atoms with van der Waals surface area (Å²) >= 11 is 0. The molecule has 0 aromatic rings. The van der Waals surface area contributed by atoms with E-state index in [1.807, 2.05) is 0 Å². The molecule has 0 aromatic heterocycles. The molecule has 0 fully saturated rings. The third-order valence-corrected chi connectivity index (χ3v) is 13.8. The van der Waals surface area contributed by atoms with Crippen molar-refractivity contribution in [2.24, 2.45) is 0 Å². The van der Waals surface area contributed by atoms with E-state index in [0.29, 0.717) is 19.3 Å². The molecule has 0 aliphatic heterocycles. The van der Waals surface area contributed by atoms with Gasteiger partial charge in [0.25, 0.3) is 0 Å². The standard InChI is InChI=1S/C75H122O6/c1-4-7-10-13-16-19-22-24-26-28-29-30-31-32-33-34-35-36-37-38-39-40-41-42-43-44-45-47-48-50-53-56-59-62-65-68-74(77)80-71-72(70-79-73(76)67-64-61-58-55-52-21-18-15-12-9-6-3)81-75(78)69-66-63-60-57-54-51-49-46-27-25-23-20-17-14-11-8-5-2/h7-8,10-11,15-20,24-27,29-30,32-33,35-36,49,51,57,60,72H,4-6,9,12-14,21-23,28,31,34,37-48,50,52-56,58-59,61-71H2,1-3H3/b10-7-,11-8-,18-15-,19-16-,20-17-,26-24-,27-25-,30-29-,33-32-,36-35-,51-49-,60-57-. The maximum absolute atomic E-state index is 12.9. The Kier molecular flexibility index (Phi) is 63.9. The summed E-state index contributed by atoms with van der Waals surface area (Å²) in [6.45, 7) is 6.32. The van der Waals surface area contributed by atoms with E-state index >= 15 is 0 Å². The SMILES string of the molecule is CC/C=C\C/C=C\C/C=C\C/C=C\C/C=C\C/C=C\CCCCCCCCCCCCCCCCCCC(=O)OCC(COC(=O)CCCCCCC/C=C\CCCC)OC(=O)CCC/C=C\C/C=C\C/C=C\C/C=C\C/C=C\CC. The molecule has 458 valence electrons. The van der Waals surface area contributed by atoms with Crippen molar-refractivity contribution in [3.8, 4) is 0 Å². The Morgan fingerprint density at radius 2 is 0.494 bits per heavy atom. The zero-order valence-corrected chi connectivity index (χ0v) is 52.5. The predicted octanol–water partition coefficient (Wildman–Crippen LogP) is 23.1. The lowest BCUT2D eigenvalue weighted by Gasteiger charge is -2.18. The molecule has 0 saturated carbocycles. The van der Waals surface area contributed by atoms with Gasteiger partial charge in [-0.2, -0.15) is 0 Å². The Hall–Kier alpha value is -4.71. The van der Waals surface area contributed by atoms with Crippen molar-refractivity contribution in [1.82, 2.24) is 0 Å². The van der Waals surface area contributed by atoms with E-state index < -0.39 is 6.10 Å². The maximum Gasteiger partial charge on any atom is 0.306 e. The van der Waals surface area contributed by atoms with E-state index in [-0.39, 0.29) is 37.5 Å². The largest absolute Gasteiger partial charge is 0.462 e. The highest BCUT2D eigenvalue weighted by atomic mass is 16.6. The van der Waals surface area contributed by atoms with Crippen LogP contribution < -0.4 is 0 Å². The van der Waals surface area contributed by atoms with Crippen molar-refractivity contribution in [1.29, 1.82) is 0 Å². The predicted molar refractivity (Wildman–Crippen MR) is 352 cm³/mol. The fourth-order valence-electron chi connectivity index (χ4n) is 8.88. The Morgan fingerprint density at radius 1 is 0.259 bits per heavy atom. The van der Waals surface area contributed by atoms with E-state index in [9.17, 15) is 14.4 Å². The number of carbonyl (C=O) groups excluding carboxylic acids is 3. The van der Waals surface area contributed by atoms with Gasteiger partial charge in [0.15, 0.2) is 6.10 Å². The van der Waals surface area contributed by atoms with Crippen LogP contribution in [0.25, 0.3) is 0 Å². The van der Waals surface area contributed by atoms with Gasteiger partial charge in [0.05, 0.1) is 0 Å². The van der Waals surface area contributed by atoms with Crippen LogP contribution in [0.5, 0.6) is 0 Å². The summed E-state index contributed by atoms with van der Waals surface area (Å²) < 4.78 is 16.8. The first kappa shape index (κ1) is 76.3. The van der Waals surface area contributed by atoms with Crippen molar-refractivity contribution >= 4 is 17.9 Å². The Labute approximate surface area is 499 Å². The summed E-state index contributed by atoms with van der Waals surface area (Å²) in [4.78, 5) is 38.2. The average Bonchev–Trinajstić information content (AvgIpc) is 3.47. The van der Waals surface area contributed by atoms with Gasteiger partial charge in [-0.3, -0.25) is 14.4 Å². The summed E-state index contributed by atoms with van der Waals surface area (Å²) in [5, 5.41) is 0. The van der Waals surface area contributed by atoms with Crippen LogP contribution in [-0.4, -0.2) is 37.2 Å². The number of hydrogen-bond acceptors (Lipinski definition) is 6. The number of rotatable bonds is 59. The Bertz CT molecular complexity index is 1760. The third kappa shape index (κ3) is 66.0. The highest BCUT2D eigenvalue weighted by Crippen LogP contribution is 2.16. The van der Waals surface area contributed by atoms with Crippen LogP contribution in [0.15, 0.2) is 146 Å². The minimum absolute atomic E-state index is 0.105. The number of carbonyl (C=O) groups is 3. The van der Waals surface area contributed by atoms with Crippen LogP contribution in [0.2, 0.25) is 0 Å². The first-order chi connectivity index (χ1) is 40.0. The van der Waals surface area contributed by atoms with Crippen molar-refractivity contribution in [2.75, 3.05) is 13.2 Å². The first-order valence-corrected chi connectivity index (χ1v) is 33.3. The molecular weight excluding hydrogens is 997 g/mol. The molecule has 0 radical (unpaired) electrons. The Morgan fingerprint density at radius 3 is 0.802 bits per heavy atom. The van der Waals surface area contributed by atoms with Gasteiger partial charge in [0, 0.05) is 19.3 Å². The van der Waals surface area contributed by atoms with Crippen LogP contribution in [0.1, 0.15) is 290 Å². The smallest absolute Gasteiger partial charge is 0.306 e. The lowest BCUT2D eigenvalue weighted by molar-refractivity contribution is -0.167. The van der Waals surface area contributed by atoms with Crippen molar-refractivity contribution in [3.63, 3.8) is 0 Å². The topological polar surface area (TPSA) is 78.9 Å². The summed E-state index contributed by atoms with van der Waals surface area (Å²) in [6, 6.07) is 0. The van der Waals surface area contributed by atoms with E-state index in [4.69, 9.17) is 14.2 Å². The number of hydrogen-bond donors (Lipinski definition) is 0. The van der Waals surface area contributed by atoms with Crippen molar-refractivity contribution < 1.29 is 28.6 Å². The fourth-order valence-corrected chi connectivity index (χ4v) is 8.88. The number of esters is 3. The third-order valence-electron chi connectivity index (χ3n) is 13.8. The summed E-state index contributed by atoms with van der Waals surface area (Å²) in [5.74, 6) is -0.973. The van der Waals surface area contributed by atoms with Crippen LogP contribution in [0, 0.1) is 0 Å². The molecular formula is C75H122O6. The average molecular weight is 1120 g/mol. The molecule has 0 heterocycles. The summed E-state index contributed by atoms with van der Waals surface area (Å²) in [6.07, 6.45) is 97.4. The van der Waals surface area contributed by atoms with Gasteiger partial charge in [-0.15, -0.1) is 0 Å². The lowest BCUT2D eigenvalue weighted by atomic mass is 10.0. The molecule has 0 saturated heterocycles. The molecule has 6 nitrogen and oxygen atoms in total. The molecule has 0 aromatic carbocycles. The minimum atomic E-state index is -0.815. The molecule has 0 aliphatic rings. The van der Waals surface area contributed by atoms with Gasteiger partial charge >= 0.3 is 17.9 Å². The highest BCUT2D eigenvalue weighted by molar-refractivity contribution is 5.71. The normalized spacial score (nSPS) is 13.1. The van der Waals surface area contributed by atoms with Gasteiger partial charge < -0.3 is 14.2 Å². The zero-order chi connectivity index (χ0) is 58.5. The van der Waals surface area contributed by atoms with Gasteiger partial charge in [-0.1, -0.05) is 289 Å². The van der Waals surface area contributed by atoms with Gasteiger partial charge in [0.2, 0.25) is 0 Å². The molecule has 6 heteroatoms. The van der Waals surface area contributed by atoms with Crippen LogP contribution in [0.4, 0.5) is 0 Å². The van der Waals surface area contributed by atoms with Gasteiger partial charge in [-0.05, 0) is 128 Å². The molecule has 0 spiro atoms. The van der Waals surface area contributed by atoms with Gasteiger partial charge in [-0.25, -0.2) is 0 Å². The first-order valence-electron chi connectivity index (χ1n) is 33.3. The number of ether oxygens (including phenoxy) is 3. The lowest BCUT2D eigenvalue weighted by Crippen LogP contribution is -2.30. The van der Waals surface area contributed by atoms with Gasteiger partial charge in [0.1, 0.15) is 13.2 Å². The van der Waals surface area contributed by atoms with Crippen LogP contribution in [0.3, 0.4) is 0 Å². The molecule has 0 rings (SSSR count). The van der Waals surface area contributed by atoms with Crippen LogP contribution >= 0.6 is 0 Å². The molecule has 0 amide bonds. The van der Waals surface area contributed by atoms with E-state index in [0.717, 1.165) is 128 Å². The minimum Gasteiger partial charge on any atom is -0.462 e. The second-order valence-corrected chi connectivity index (χ2v) is 21.6. The molecule has 0 aliphatic carbocycles. The molecule has 0 N–H and O–H groups in total. The zero-order valence-electron chi connectivity index (χ0n) is 52.5. The van der Waals surface area contributed by atoms with E-state index in [2.05, 4.69) is 167 Å². The quantitative estimate of drug-likeness (QED) is 0.0261. The molecule has 81 heavy (non-hydrogen) atoms. The highest BCUT2D eigenvalue weighted by Gasteiger charge is 2.19. The van der Waals surface area contributed by atoms with E-state index in [1.54, 1.807) is 0 Å². The van der Waals surface area contributed by atoms with Crippen molar-refractivity contribution in [3.05, 3.63) is 146 Å². The summed E-state index contributed by atoms with van der Waals surface area (Å²) in [5.41, 5.74) is 0. The van der Waals surface area contributed by atoms with Crippen LogP contribution in [-0.2, 0) is 28.6 Å². The van der Waals surface area contributed by atoms with E-state index in [1.165, 1.54) is 116 Å². The fraction of sp³-hybridized carbons (Fsp3) is 0.640.